The second-order valence-electron chi connectivity index (χ2n) is 16.2. The molecule has 0 aromatic heterocycles. The fourth-order valence-corrected chi connectivity index (χ4v) is 9.53. The first-order valence-electron chi connectivity index (χ1n) is 19.8. The number of hydrogen-bond donors (Lipinski definition) is 3. The number of rotatable bonds is 16. The zero-order valence-electron chi connectivity index (χ0n) is 34.4. The van der Waals surface area contributed by atoms with Crippen LogP contribution in [0.4, 0.5) is 11.4 Å². The van der Waals surface area contributed by atoms with Gasteiger partial charge in [0, 0.05) is 54.0 Å². The average molecular weight is 838 g/mol. The second kappa shape index (κ2) is 18.9. The summed E-state index contributed by atoms with van der Waals surface area (Å²) in [6, 6.07) is 24.5. The van der Waals surface area contributed by atoms with E-state index in [0.717, 1.165) is 64.5 Å². The van der Waals surface area contributed by atoms with Gasteiger partial charge in [-0.15, -0.1) is 0 Å². The van der Waals surface area contributed by atoms with Gasteiger partial charge in [0.05, 0.1) is 16.9 Å². The average Bonchev–Trinajstić information content (AvgIpc) is 3.51. The maximum absolute atomic E-state index is 11.5. The monoisotopic (exact) mass is 837 g/mol. The first-order chi connectivity index (χ1) is 27.0. The van der Waals surface area contributed by atoms with Crippen molar-refractivity contribution in [3.05, 3.63) is 136 Å². The molecule has 3 aliphatic rings. The normalized spacial score (nSPS) is 18.9. The van der Waals surface area contributed by atoms with Crippen molar-refractivity contribution >= 4 is 37.3 Å². The minimum absolute atomic E-state index is 0. The molecular weight excluding hydrogens is 782 g/mol. The molecule has 0 fully saturated rings. The van der Waals surface area contributed by atoms with Gasteiger partial charge in [-0.2, -0.15) is 21.4 Å². The maximum atomic E-state index is 11.5. The number of hydrogen-bond acceptors (Lipinski definition) is 7. The third-order valence-electron chi connectivity index (χ3n) is 11.4. The summed E-state index contributed by atoms with van der Waals surface area (Å²) in [6.45, 7) is 10.5. The number of allylic oxidation sites excluding steroid dienone is 7. The largest absolute Gasteiger partial charge is 1.00 e. The number of para-hydroxylation sites is 2. The molecule has 0 bridgehead atoms. The molecule has 2 heterocycles. The quantitative estimate of drug-likeness (QED) is 0.0732. The van der Waals surface area contributed by atoms with Gasteiger partial charge in [0.1, 0.15) is 18.1 Å². The number of nitrogens with two attached hydrogens (primary N) is 1. The van der Waals surface area contributed by atoms with Gasteiger partial charge < -0.3 is 15.4 Å². The molecule has 3 aromatic rings. The second-order valence-corrected chi connectivity index (χ2v) is 19.3. The minimum Gasteiger partial charge on any atom is -0.457 e. The molecule has 13 heteroatoms. The Morgan fingerprint density at radius 2 is 1.41 bits per heavy atom. The van der Waals surface area contributed by atoms with Crippen LogP contribution in [-0.4, -0.2) is 60.8 Å². The molecule has 0 saturated heterocycles. The Bertz CT molecular complexity index is 2360. The summed E-state index contributed by atoms with van der Waals surface area (Å²) < 4.78 is 73.6. The molecule has 1 aliphatic carbocycles. The standard InChI is InChI=1S/C45H55N3O7S2.Na/c1-44(2)37-16-5-7-18-39(37)47(28-9-11-30-56(49,50)51)41(44)26-22-34-14-13-15-35(43(34)55-36-24-20-33(32-46)21-25-36)23-27-42-45(3,4)38-17-6-8-19-40(38)48(42)29-10-12-31-57(52,53)54;/h5-8,16-27H,9-15,28-32,46H2,1-4H3,(H-,49,50,51,52,53,54);/q;+1/p+1. The van der Waals surface area contributed by atoms with Crippen molar-refractivity contribution in [3.8, 4) is 5.75 Å². The number of anilines is 1. The van der Waals surface area contributed by atoms with Gasteiger partial charge in [-0.05, 0) is 105 Å². The van der Waals surface area contributed by atoms with E-state index in [1.165, 1.54) is 11.1 Å². The van der Waals surface area contributed by atoms with Crippen LogP contribution in [0.3, 0.4) is 0 Å². The van der Waals surface area contributed by atoms with Gasteiger partial charge in [-0.25, -0.2) is 0 Å². The van der Waals surface area contributed by atoms with Crippen LogP contribution in [-0.2, 0) is 37.6 Å². The summed E-state index contributed by atoms with van der Waals surface area (Å²) in [6.07, 6.45) is 13.2. The molecule has 6 rings (SSSR count). The molecule has 10 nitrogen and oxygen atoms in total. The van der Waals surface area contributed by atoms with Gasteiger partial charge in [0.15, 0.2) is 5.71 Å². The molecule has 3 aromatic carbocycles. The van der Waals surface area contributed by atoms with Gasteiger partial charge in [-0.3, -0.25) is 9.11 Å². The SMILES string of the molecule is CC1(C)C(=CC=C2CCCC(C=CC3=[N+](CCCCS(=O)(=O)O)c4ccccc4C3(C)C)=C2Oc2ccc(CN)cc2)N(CCCCS(=O)(=O)O)c2ccccc21.[Na+]. The molecular formula is C45H56N3NaO7S2+2. The van der Waals surface area contributed by atoms with E-state index < -0.39 is 20.2 Å². The van der Waals surface area contributed by atoms with E-state index in [1.54, 1.807) is 0 Å². The number of benzene rings is 3. The Morgan fingerprint density at radius 1 is 0.776 bits per heavy atom. The summed E-state index contributed by atoms with van der Waals surface area (Å²) in [5.41, 5.74) is 15.2. The van der Waals surface area contributed by atoms with Crippen LogP contribution in [0.25, 0.3) is 0 Å². The number of ether oxygens (including phenoxy) is 1. The Morgan fingerprint density at radius 3 is 2.09 bits per heavy atom. The fourth-order valence-electron chi connectivity index (χ4n) is 8.39. The summed E-state index contributed by atoms with van der Waals surface area (Å²) >= 11 is 0. The summed E-state index contributed by atoms with van der Waals surface area (Å²) in [4.78, 5) is 2.27. The zero-order valence-corrected chi connectivity index (χ0v) is 38.1. The van der Waals surface area contributed by atoms with Crippen LogP contribution in [0, 0.1) is 0 Å². The van der Waals surface area contributed by atoms with Crippen molar-refractivity contribution < 1.29 is 64.8 Å². The Labute approximate surface area is 367 Å². The Balaban J connectivity index is 0.00000641. The van der Waals surface area contributed by atoms with Gasteiger partial charge in [0.25, 0.3) is 20.2 Å². The Hall–Kier alpha value is -3.33. The first kappa shape index (κ1) is 45.7. The van der Waals surface area contributed by atoms with E-state index in [1.807, 2.05) is 48.5 Å². The number of fused-ring (bicyclic) bond motifs is 2. The predicted molar refractivity (Wildman–Crippen MR) is 229 cm³/mol. The van der Waals surface area contributed by atoms with E-state index in [-0.39, 0.29) is 51.9 Å². The molecule has 0 saturated carbocycles. The topological polar surface area (TPSA) is 150 Å². The van der Waals surface area contributed by atoms with Gasteiger partial charge in [-0.1, -0.05) is 68.5 Å². The minimum atomic E-state index is -4.03. The molecule has 0 unspecified atom stereocenters. The summed E-state index contributed by atoms with van der Waals surface area (Å²) in [5.74, 6) is 0.981. The van der Waals surface area contributed by atoms with Crippen molar-refractivity contribution in [2.75, 3.05) is 29.5 Å². The van der Waals surface area contributed by atoms with E-state index in [0.29, 0.717) is 51.1 Å². The molecule has 2 aliphatic heterocycles. The molecule has 0 spiro atoms. The third kappa shape index (κ3) is 10.7. The summed E-state index contributed by atoms with van der Waals surface area (Å²) in [5, 5.41) is 0. The first-order valence-corrected chi connectivity index (χ1v) is 23.0. The fraction of sp³-hybridized carbons (Fsp3) is 0.400. The smallest absolute Gasteiger partial charge is 0.457 e. The van der Waals surface area contributed by atoms with E-state index in [4.69, 9.17) is 10.5 Å². The molecule has 0 atom stereocenters. The van der Waals surface area contributed by atoms with Crippen LogP contribution in [0.2, 0.25) is 0 Å². The zero-order chi connectivity index (χ0) is 41.0. The van der Waals surface area contributed by atoms with Gasteiger partial charge >= 0.3 is 29.6 Å². The Kier molecular flexibility index (Phi) is 14.9. The molecule has 0 amide bonds. The van der Waals surface area contributed by atoms with Crippen LogP contribution < -0.4 is 44.9 Å². The number of unbranched alkanes of at least 4 members (excludes halogenated alkanes) is 2. The van der Waals surface area contributed by atoms with Gasteiger partial charge in [0.2, 0.25) is 5.69 Å². The maximum Gasteiger partial charge on any atom is 1.00 e. The van der Waals surface area contributed by atoms with Crippen molar-refractivity contribution in [1.82, 2.24) is 0 Å². The van der Waals surface area contributed by atoms with E-state index >= 15 is 0 Å². The van der Waals surface area contributed by atoms with Crippen molar-refractivity contribution in [3.63, 3.8) is 0 Å². The molecule has 0 radical (unpaired) electrons. The third-order valence-corrected chi connectivity index (χ3v) is 13.0. The van der Waals surface area contributed by atoms with E-state index in [2.05, 4.69) is 85.7 Å². The molecule has 4 N–H and O–H groups in total. The van der Waals surface area contributed by atoms with Crippen LogP contribution in [0.1, 0.15) is 89.3 Å². The predicted octanol–water partition coefficient (Wildman–Crippen LogP) is 5.54. The van der Waals surface area contributed by atoms with Crippen molar-refractivity contribution in [2.24, 2.45) is 5.73 Å². The van der Waals surface area contributed by atoms with Crippen LogP contribution in [0.15, 0.2) is 120 Å². The van der Waals surface area contributed by atoms with Crippen molar-refractivity contribution in [1.29, 1.82) is 0 Å². The van der Waals surface area contributed by atoms with Crippen LogP contribution >= 0.6 is 0 Å². The van der Waals surface area contributed by atoms with E-state index in [9.17, 15) is 25.9 Å². The molecule has 304 valence electrons. The van der Waals surface area contributed by atoms with Crippen LogP contribution in [0.5, 0.6) is 5.75 Å². The molecule has 58 heavy (non-hydrogen) atoms. The summed E-state index contributed by atoms with van der Waals surface area (Å²) in [7, 11) is -8.07. The van der Waals surface area contributed by atoms with Crippen molar-refractivity contribution in [2.45, 2.75) is 90.0 Å². The number of nitrogens with zero attached hydrogens (tertiary/aromatic N) is 2.